The topological polar surface area (TPSA) is 73.7 Å². The maximum atomic E-state index is 6.84. The van der Waals surface area contributed by atoms with E-state index in [9.17, 15) is 0 Å². The van der Waals surface area contributed by atoms with Crippen LogP contribution >= 0.6 is 0 Å². The van der Waals surface area contributed by atoms with Gasteiger partial charge in [0.15, 0.2) is 0 Å². The molecular weight excluding hydrogens is 1880 g/mol. The molecule has 125 heavy (non-hydrogen) atoms. The van der Waals surface area contributed by atoms with Gasteiger partial charge in [-0.3, -0.25) is 22.1 Å². The minimum absolute atomic E-state index is 0. The zero-order valence-corrected chi connectivity index (χ0v) is 74.8. The van der Waals surface area contributed by atoms with E-state index in [0.29, 0.717) is 23.1 Å². The second-order valence-corrected chi connectivity index (χ2v) is 32.6. The van der Waals surface area contributed by atoms with Gasteiger partial charge in [0.05, 0.1) is 0 Å². The molecule has 0 atom stereocenters. The van der Waals surface area contributed by atoms with E-state index in [2.05, 4.69) is 341 Å². The Hall–Kier alpha value is -13.3. The van der Waals surface area contributed by atoms with Gasteiger partial charge in [-0.25, -0.2) is 17.7 Å². The smallest absolute Gasteiger partial charge is 0.423 e. The molecule has 0 unspecified atom stereocenters. The number of rotatable bonds is 24. The van der Waals surface area contributed by atoms with Gasteiger partial charge >= 0.3 is 41.2 Å². The Bertz CT molecular complexity index is 6760. The molecular formula is C117H88IrN5OPt. The van der Waals surface area contributed by atoms with E-state index in [-0.39, 0.29) is 52.0 Å². The molecule has 18 aromatic rings. The number of aromatic nitrogens is 5. The van der Waals surface area contributed by atoms with Crippen LogP contribution in [0.2, 0.25) is 0 Å². The number of pyridine rings is 3. The third kappa shape index (κ3) is 16.0. The van der Waals surface area contributed by atoms with Crippen molar-refractivity contribution in [2.75, 3.05) is 0 Å². The van der Waals surface area contributed by atoms with Crippen LogP contribution in [0.1, 0.15) is 101 Å². The molecule has 4 heterocycles. The van der Waals surface area contributed by atoms with Gasteiger partial charge in [-0.05, 0) is 226 Å². The summed E-state index contributed by atoms with van der Waals surface area (Å²) in [5, 5.41) is 0. The maximum Gasteiger partial charge on any atom is 3.00 e. The van der Waals surface area contributed by atoms with Crippen molar-refractivity contribution in [2.24, 2.45) is 0 Å². The van der Waals surface area contributed by atoms with Crippen molar-refractivity contribution in [1.29, 1.82) is 0 Å². The van der Waals surface area contributed by atoms with Gasteiger partial charge in [0.1, 0.15) is 0 Å². The van der Waals surface area contributed by atoms with Crippen molar-refractivity contribution >= 4 is 0 Å². The number of benzene rings is 14. The summed E-state index contributed by atoms with van der Waals surface area (Å²) in [6.45, 7) is 9.42. The molecule has 0 bridgehead atoms. The van der Waals surface area contributed by atoms with Crippen molar-refractivity contribution in [1.82, 2.24) is 24.9 Å². The second kappa shape index (κ2) is 36.3. The molecule has 14 aromatic carbocycles. The van der Waals surface area contributed by atoms with E-state index in [4.69, 9.17) is 19.7 Å². The molecule has 0 radical (unpaired) electrons. The largest absolute Gasteiger partial charge is 3.00 e. The Morgan fingerprint density at radius 1 is 0.256 bits per heavy atom. The minimum atomic E-state index is -0.213. The molecule has 2 aliphatic carbocycles. The van der Waals surface area contributed by atoms with Crippen molar-refractivity contribution in [3.8, 4) is 190 Å². The van der Waals surface area contributed by atoms with Crippen LogP contribution in [0.15, 0.2) is 364 Å². The third-order valence-corrected chi connectivity index (χ3v) is 25.1. The quantitative estimate of drug-likeness (QED) is 0.0561. The van der Waals surface area contributed by atoms with Gasteiger partial charge in [0.2, 0.25) is 11.8 Å². The molecule has 20 rings (SSSR count). The molecule has 0 N–H and O–H groups in total. The summed E-state index contributed by atoms with van der Waals surface area (Å²) in [4.78, 5) is 24.3. The summed E-state index contributed by atoms with van der Waals surface area (Å²) in [5.74, 6) is 1.17. The zero-order valence-electron chi connectivity index (χ0n) is 70.1. The first kappa shape index (κ1) is 82.7. The van der Waals surface area contributed by atoms with Crippen LogP contribution in [0.3, 0.4) is 0 Å². The predicted octanol–water partition coefficient (Wildman–Crippen LogP) is 30.5. The summed E-state index contributed by atoms with van der Waals surface area (Å²) < 4.78 is 6.84. The van der Waals surface area contributed by atoms with Gasteiger partial charge in [0.25, 0.3) is 0 Å². The standard InChI is InChI=1S/C117H88N5O.Ir.Pt/c1-5-62-116(63-6-2)106-72-88(80-39-37-79(38-40-80)78-25-11-9-12-26-78)53-57-102(106)103-58-54-89(73-107(103)116)90-55-59-104-105-60-56-91(75-109(105)117(64-7-3,65-8-4)108(104)74-90)92-76-112(84-27-13-10-14-28-84)121-114(77-92)123-113-61-68-120-115(122-113)87-51-45-83(46-52-87)98-31-17-20-34-101(98)95-70-93(99-32-18-15-29-96(99)81-41-47-85(48-42-81)110-35-21-23-66-118-110)69-94(71-95)100-33-19-16-30-97(100)82-43-49-86(50-44-82)111-36-22-24-67-119-111;;/h9-27,29-47,49,53-61,66-77H,5-8,62-65H2,1-4H3;;/q-5;+3;+2. The van der Waals surface area contributed by atoms with Crippen LogP contribution < -0.4 is 4.74 Å². The molecule has 0 fully saturated rings. The first-order chi connectivity index (χ1) is 60.7. The summed E-state index contributed by atoms with van der Waals surface area (Å²) >= 11 is 0. The Morgan fingerprint density at radius 2 is 0.632 bits per heavy atom. The number of hydrogen-bond donors (Lipinski definition) is 0. The fourth-order valence-electron chi connectivity index (χ4n) is 19.5. The van der Waals surface area contributed by atoms with E-state index < -0.39 is 0 Å². The van der Waals surface area contributed by atoms with Crippen molar-refractivity contribution in [3.05, 3.63) is 417 Å². The average molecular weight is 1970 g/mol. The first-order valence-electron chi connectivity index (χ1n) is 43.2. The summed E-state index contributed by atoms with van der Waals surface area (Å²) in [6.07, 6.45) is 13.9. The van der Waals surface area contributed by atoms with E-state index in [1.165, 1.54) is 77.9 Å². The molecule has 4 aromatic heterocycles. The van der Waals surface area contributed by atoms with E-state index >= 15 is 0 Å². The molecule has 0 aliphatic heterocycles. The van der Waals surface area contributed by atoms with Crippen LogP contribution in [-0.4, -0.2) is 24.9 Å². The molecule has 0 saturated carbocycles. The normalized spacial score (nSPS) is 12.4. The summed E-state index contributed by atoms with van der Waals surface area (Å²) in [7, 11) is 0. The Balaban J connectivity index is 0.00000531. The zero-order chi connectivity index (χ0) is 82.8. The fourth-order valence-corrected chi connectivity index (χ4v) is 19.5. The van der Waals surface area contributed by atoms with E-state index in [0.717, 1.165) is 163 Å². The van der Waals surface area contributed by atoms with Crippen LogP contribution in [0.4, 0.5) is 0 Å². The van der Waals surface area contributed by atoms with Crippen molar-refractivity contribution < 1.29 is 45.9 Å². The Labute approximate surface area is 762 Å². The predicted molar refractivity (Wildman–Crippen MR) is 504 cm³/mol. The van der Waals surface area contributed by atoms with Crippen LogP contribution in [0.5, 0.6) is 11.8 Å². The molecule has 606 valence electrons. The third-order valence-electron chi connectivity index (χ3n) is 25.1. The van der Waals surface area contributed by atoms with Crippen molar-refractivity contribution in [3.63, 3.8) is 0 Å². The molecule has 2 aliphatic rings. The molecule has 6 nitrogen and oxygen atoms in total. The van der Waals surface area contributed by atoms with Gasteiger partial charge in [-0.15, -0.1) is 95.6 Å². The molecule has 8 heteroatoms. The van der Waals surface area contributed by atoms with Gasteiger partial charge in [-0.1, -0.05) is 287 Å². The van der Waals surface area contributed by atoms with E-state index in [1.807, 2.05) is 79.1 Å². The monoisotopic (exact) mass is 1970 g/mol. The fraction of sp³-hybridized carbons (Fsp3) is 0.120. The van der Waals surface area contributed by atoms with Crippen molar-refractivity contribution in [2.45, 2.75) is 89.9 Å². The van der Waals surface area contributed by atoms with Gasteiger partial charge < -0.3 is 19.7 Å². The van der Waals surface area contributed by atoms with Gasteiger partial charge in [-0.2, -0.15) is 5.56 Å². The molecule has 0 amide bonds. The first-order valence-corrected chi connectivity index (χ1v) is 43.2. The number of hydrogen-bond acceptors (Lipinski definition) is 6. The number of ether oxygens (including phenoxy) is 1. The average Bonchev–Trinajstić information content (AvgIpc) is 1.56. The van der Waals surface area contributed by atoms with Gasteiger partial charge in [0, 0.05) is 41.6 Å². The van der Waals surface area contributed by atoms with Crippen LogP contribution in [0, 0.1) is 30.3 Å². The summed E-state index contributed by atoms with van der Waals surface area (Å²) in [6, 6.07) is 142. The number of fused-ring (bicyclic) bond motifs is 6. The van der Waals surface area contributed by atoms with Crippen LogP contribution in [0.25, 0.3) is 179 Å². The summed E-state index contributed by atoms with van der Waals surface area (Å²) in [5.41, 5.74) is 38.9. The second-order valence-electron chi connectivity index (χ2n) is 32.6. The maximum absolute atomic E-state index is 6.84. The SMILES string of the molecule is CCCC1(CCC)c2cc(-c3ccc(-c4ccccc4)cc3)ccc2-c2ccc(-c3ccc4c(c3)C(CCC)(CCC)c3cc(-c5cc(Oc6ccnc(-c7[c-]cc(-c8ccccc8-c8cc(-c9ccccc9-c9c[c-]c(-c%10ccccn%10)cc9)cc(-c9ccccc9-c9c[c-]c(-c%10ccccn%10)cc9)c8)c[c-]7)n6)nc(-c6[c-]cccc6)c5)ccc3-4)cc21.[Ir+3].[Pt+2]. The van der Waals surface area contributed by atoms with Crippen LogP contribution in [-0.2, 0) is 52.0 Å². The Morgan fingerprint density at radius 3 is 1.06 bits per heavy atom. The van der Waals surface area contributed by atoms with E-state index in [1.54, 1.807) is 12.3 Å². The number of nitrogens with zero attached hydrogens (tertiary/aromatic N) is 5. The minimum Gasteiger partial charge on any atom is -0.423 e. The molecule has 0 saturated heterocycles. The molecule has 0 spiro atoms. The Kier molecular flexibility index (Phi) is 24.0.